The quantitative estimate of drug-likeness (QED) is 0.803. The van der Waals surface area contributed by atoms with Crippen LogP contribution >= 0.6 is 0 Å². The normalized spacial score (nSPS) is 11.7. The van der Waals surface area contributed by atoms with E-state index in [-0.39, 0.29) is 6.10 Å². The lowest BCUT2D eigenvalue weighted by Gasteiger charge is -2.19. The number of rotatable bonds is 6. The Morgan fingerprint density at radius 1 is 1.20 bits per heavy atom. The zero-order chi connectivity index (χ0) is 14.4. The van der Waals surface area contributed by atoms with E-state index < -0.39 is 0 Å². The lowest BCUT2D eigenvalue weighted by molar-refractivity contribution is 0.112. The summed E-state index contributed by atoms with van der Waals surface area (Å²) in [4.78, 5) is 10.6. The van der Waals surface area contributed by atoms with Crippen LogP contribution in [-0.2, 0) is 0 Å². The molecule has 1 unspecified atom stereocenters. The molecule has 2 aromatic rings. The maximum Gasteiger partial charge on any atom is 0.150 e. The van der Waals surface area contributed by atoms with Gasteiger partial charge < -0.3 is 10.1 Å². The SMILES string of the molecule is CCC(Oc1ccc(C=O)cc1)c1cccc(NC)c1. The Kier molecular flexibility index (Phi) is 4.77. The van der Waals surface area contributed by atoms with Crippen molar-refractivity contribution in [1.29, 1.82) is 0 Å². The molecule has 104 valence electrons. The molecule has 0 fully saturated rings. The van der Waals surface area contributed by atoms with Crippen LogP contribution < -0.4 is 10.1 Å². The van der Waals surface area contributed by atoms with Gasteiger partial charge in [-0.1, -0.05) is 19.1 Å². The van der Waals surface area contributed by atoms with E-state index in [0.717, 1.165) is 29.7 Å². The van der Waals surface area contributed by atoms with E-state index in [9.17, 15) is 4.79 Å². The first-order chi connectivity index (χ1) is 9.76. The highest BCUT2D eigenvalue weighted by Crippen LogP contribution is 2.26. The first kappa shape index (κ1) is 14.1. The summed E-state index contributed by atoms with van der Waals surface area (Å²) in [6, 6.07) is 15.4. The van der Waals surface area contributed by atoms with E-state index >= 15 is 0 Å². The van der Waals surface area contributed by atoms with E-state index in [2.05, 4.69) is 24.4 Å². The Morgan fingerprint density at radius 2 is 1.95 bits per heavy atom. The molecule has 1 N–H and O–H groups in total. The topological polar surface area (TPSA) is 38.3 Å². The monoisotopic (exact) mass is 269 g/mol. The van der Waals surface area contributed by atoms with Gasteiger partial charge in [0.05, 0.1) is 0 Å². The van der Waals surface area contributed by atoms with Gasteiger partial charge in [-0.25, -0.2) is 0 Å². The van der Waals surface area contributed by atoms with Gasteiger partial charge in [-0.05, 0) is 48.4 Å². The summed E-state index contributed by atoms with van der Waals surface area (Å²) in [5, 5.41) is 3.13. The van der Waals surface area contributed by atoms with Gasteiger partial charge in [-0.3, -0.25) is 4.79 Å². The van der Waals surface area contributed by atoms with Crippen LogP contribution in [0.2, 0.25) is 0 Å². The van der Waals surface area contributed by atoms with Crippen LogP contribution in [0.4, 0.5) is 5.69 Å². The Labute approximate surface area is 119 Å². The van der Waals surface area contributed by atoms with Crippen LogP contribution in [0.25, 0.3) is 0 Å². The molecule has 0 amide bonds. The molecule has 0 bridgehead atoms. The number of aldehydes is 1. The van der Waals surface area contributed by atoms with Crippen LogP contribution in [0.1, 0.15) is 35.4 Å². The number of hydrogen-bond acceptors (Lipinski definition) is 3. The minimum absolute atomic E-state index is 0.00498. The second kappa shape index (κ2) is 6.75. The molecule has 2 rings (SSSR count). The average molecular weight is 269 g/mol. The summed E-state index contributed by atoms with van der Waals surface area (Å²) < 4.78 is 6.00. The Morgan fingerprint density at radius 3 is 2.55 bits per heavy atom. The van der Waals surface area contributed by atoms with Crippen molar-refractivity contribution in [2.45, 2.75) is 19.4 Å². The minimum Gasteiger partial charge on any atom is -0.486 e. The molecule has 1 atom stereocenters. The highest BCUT2D eigenvalue weighted by atomic mass is 16.5. The molecule has 0 aliphatic carbocycles. The molecule has 0 saturated heterocycles. The summed E-state index contributed by atoms with van der Waals surface area (Å²) >= 11 is 0. The van der Waals surface area contributed by atoms with Crippen LogP contribution in [0.15, 0.2) is 48.5 Å². The summed E-state index contributed by atoms with van der Waals surface area (Å²) in [7, 11) is 1.90. The molecule has 2 aromatic carbocycles. The molecule has 0 aromatic heterocycles. The summed E-state index contributed by atoms with van der Waals surface area (Å²) in [5.74, 6) is 0.775. The van der Waals surface area contributed by atoms with Crippen molar-refractivity contribution in [2.75, 3.05) is 12.4 Å². The number of benzene rings is 2. The van der Waals surface area contributed by atoms with Crippen LogP contribution in [0, 0.1) is 0 Å². The van der Waals surface area contributed by atoms with Crippen molar-refractivity contribution in [3.63, 3.8) is 0 Å². The molecule has 0 aliphatic rings. The van der Waals surface area contributed by atoms with E-state index in [0.29, 0.717) is 5.56 Å². The van der Waals surface area contributed by atoms with Gasteiger partial charge in [0, 0.05) is 18.3 Å². The summed E-state index contributed by atoms with van der Waals surface area (Å²) in [5.41, 5.74) is 2.86. The number of hydrogen-bond donors (Lipinski definition) is 1. The fourth-order valence-corrected chi connectivity index (χ4v) is 2.07. The third-order valence-corrected chi connectivity index (χ3v) is 3.21. The van der Waals surface area contributed by atoms with E-state index in [4.69, 9.17) is 4.74 Å². The number of nitrogens with one attached hydrogen (secondary N) is 1. The molecule has 0 saturated carbocycles. The molecular weight excluding hydrogens is 250 g/mol. The first-order valence-electron chi connectivity index (χ1n) is 6.76. The fourth-order valence-electron chi connectivity index (χ4n) is 2.07. The van der Waals surface area contributed by atoms with Crippen LogP contribution in [0.3, 0.4) is 0 Å². The molecule has 3 heteroatoms. The van der Waals surface area contributed by atoms with Gasteiger partial charge in [0.15, 0.2) is 0 Å². The largest absolute Gasteiger partial charge is 0.486 e. The van der Waals surface area contributed by atoms with E-state index in [1.54, 1.807) is 12.1 Å². The van der Waals surface area contributed by atoms with Gasteiger partial charge in [0.2, 0.25) is 0 Å². The average Bonchev–Trinajstić information content (AvgIpc) is 2.53. The molecule has 0 radical (unpaired) electrons. The van der Waals surface area contributed by atoms with Crippen molar-refractivity contribution in [3.8, 4) is 5.75 Å². The van der Waals surface area contributed by atoms with Gasteiger partial charge in [0.25, 0.3) is 0 Å². The number of ether oxygens (including phenoxy) is 1. The van der Waals surface area contributed by atoms with Crippen molar-refractivity contribution in [2.24, 2.45) is 0 Å². The third kappa shape index (κ3) is 3.38. The first-order valence-corrected chi connectivity index (χ1v) is 6.76. The van der Waals surface area contributed by atoms with Crippen molar-refractivity contribution >= 4 is 12.0 Å². The van der Waals surface area contributed by atoms with Crippen molar-refractivity contribution in [1.82, 2.24) is 0 Å². The maximum atomic E-state index is 10.6. The van der Waals surface area contributed by atoms with Crippen LogP contribution in [-0.4, -0.2) is 13.3 Å². The third-order valence-electron chi connectivity index (χ3n) is 3.21. The van der Waals surface area contributed by atoms with Crippen molar-refractivity contribution in [3.05, 3.63) is 59.7 Å². The number of anilines is 1. The van der Waals surface area contributed by atoms with Crippen molar-refractivity contribution < 1.29 is 9.53 Å². The summed E-state index contributed by atoms with van der Waals surface area (Å²) in [6.07, 6.45) is 1.71. The Bertz CT molecular complexity index is 563. The molecule has 20 heavy (non-hydrogen) atoms. The highest BCUT2D eigenvalue weighted by molar-refractivity contribution is 5.74. The fraction of sp³-hybridized carbons (Fsp3) is 0.235. The standard InChI is InChI=1S/C17H19NO2/c1-3-17(14-5-4-6-15(11-14)18-2)20-16-9-7-13(12-19)8-10-16/h4-12,17-18H,3H2,1-2H3. The van der Waals surface area contributed by atoms with E-state index in [1.165, 1.54) is 0 Å². The van der Waals surface area contributed by atoms with Crippen LogP contribution in [0.5, 0.6) is 5.75 Å². The van der Waals surface area contributed by atoms with E-state index in [1.807, 2.05) is 31.3 Å². The second-order valence-electron chi connectivity index (χ2n) is 4.58. The molecule has 3 nitrogen and oxygen atoms in total. The number of carbonyl (C=O) groups is 1. The highest BCUT2D eigenvalue weighted by Gasteiger charge is 2.11. The molecule has 0 heterocycles. The predicted octanol–water partition coefficient (Wildman–Crippen LogP) is 4.07. The Balaban J connectivity index is 2.16. The molecule has 0 spiro atoms. The van der Waals surface area contributed by atoms with Gasteiger partial charge in [-0.15, -0.1) is 0 Å². The predicted molar refractivity (Wildman–Crippen MR) is 81.5 cm³/mol. The number of carbonyl (C=O) groups excluding carboxylic acids is 1. The zero-order valence-electron chi connectivity index (χ0n) is 11.8. The molecular formula is C17H19NO2. The van der Waals surface area contributed by atoms with Gasteiger partial charge >= 0.3 is 0 Å². The Hall–Kier alpha value is -2.29. The lowest BCUT2D eigenvalue weighted by Crippen LogP contribution is -2.07. The van der Waals surface area contributed by atoms with Gasteiger partial charge in [-0.2, -0.15) is 0 Å². The smallest absolute Gasteiger partial charge is 0.150 e. The molecule has 0 aliphatic heterocycles. The minimum atomic E-state index is 0.00498. The zero-order valence-corrected chi connectivity index (χ0v) is 11.8. The maximum absolute atomic E-state index is 10.6. The second-order valence-corrected chi connectivity index (χ2v) is 4.58. The van der Waals surface area contributed by atoms with Gasteiger partial charge in [0.1, 0.15) is 18.1 Å². The lowest BCUT2D eigenvalue weighted by atomic mass is 10.1. The summed E-state index contributed by atoms with van der Waals surface area (Å²) in [6.45, 7) is 2.09.